The molecule has 3 rings (SSSR count). The summed E-state index contributed by atoms with van der Waals surface area (Å²) < 4.78 is 10.4. The average molecular weight is 332 g/mol. The molecule has 24 heavy (non-hydrogen) atoms. The van der Waals surface area contributed by atoms with Crippen molar-refractivity contribution in [2.45, 2.75) is 6.54 Å². The van der Waals surface area contributed by atoms with Gasteiger partial charge in [-0.2, -0.15) is 0 Å². The number of benzene rings is 1. The lowest BCUT2D eigenvalue weighted by Gasteiger charge is -2.28. The van der Waals surface area contributed by atoms with Crippen LogP contribution in [0.1, 0.15) is 5.56 Å². The summed E-state index contributed by atoms with van der Waals surface area (Å²) in [6.07, 6.45) is 0. The minimum absolute atomic E-state index is 0.0404. The van der Waals surface area contributed by atoms with E-state index in [1.54, 1.807) is 17.0 Å². The number of amides is 1. The first kappa shape index (κ1) is 16.5. The number of likely N-dealkylation sites (N-methyl/N-ethyl adjacent to an activating group) is 1. The summed E-state index contributed by atoms with van der Waals surface area (Å²) in [4.78, 5) is 27.6. The van der Waals surface area contributed by atoms with Crippen LogP contribution < -0.4 is 5.63 Å². The van der Waals surface area contributed by atoms with Crippen LogP contribution in [0.4, 0.5) is 0 Å². The van der Waals surface area contributed by atoms with Crippen molar-refractivity contribution >= 4 is 16.9 Å². The fourth-order valence-corrected chi connectivity index (χ4v) is 2.84. The number of hydrogen-bond donors (Lipinski definition) is 1. The van der Waals surface area contributed by atoms with Crippen molar-refractivity contribution in [3.8, 4) is 5.75 Å². The zero-order chi connectivity index (χ0) is 17.1. The molecule has 2 heterocycles. The molecule has 1 aromatic heterocycles. The molecule has 1 fully saturated rings. The Hall–Kier alpha value is -2.38. The van der Waals surface area contributed by atoms with Gasteiger partial charge in [0.15, 0.2) is 0 Å². The molecular weight excluding hydrogens is 312 g/mol. The van der Waals surface area contributed by atoms with Gasteiger partial charge in [-0.1, -0.05) is 0 Å². The zero-order valence-electron chi connectivity index (χ0n) is 13.5. The minimum Gasteiger partial charge on any atom is -0.508 e. The molecule has 1 amide bonds. The molecule has 1 saturated heterocycles. The molecule has 0 spiro atoms. The highest BCUT2D eigenvalue weighted by Gasteiger charge is 2.18. The summed E-state index contributed by atoms with van der Waals surface area (Å²) in [7, 11) is 1.83. The smallest absolute Gasteiger partial charge is 0.336 e. The number of morpholine rings is 1. The van der Waals surface area contributed by atoms with Gasteiger partial charge in [0.25, 0.3) is 0 Å². The van der Waals surface area contributed by atoms with Gasteiger partial charge in [-0.3, -0.25) is 9.69 Å². The molecule has 7 nitrogen and oxygen atoms in total. The van der Waals surface area contributed by atoms with E-state index in [9.17, 15) is 14.7 Å². The summed E-state index contributed by atoms with van der Waals surface area (Å²) in [6, 6.07) is 6.10. The number of fused-ring (bicyclic) bond motifs is 1. The maximum Gasteiger partial charge on any atom is 0.336 e. The highest BCUT2D eigenvalue weighted by Crippen LogP contribution is 2.22. The van der Waals surface area contributed by atoms with Gasteiger partial charge < -0.3 is 19.2 Å². The van der Waals surface area contributed by atoms with E-state index in [1.165, 1.54) is 12.1 Å². The fourth-order valence-electron chi connectivity index (χ4n) is 2.84. The Labute approximate surface area is 139 Å². The maximum atomic E-state index is 12.3. The number of phenolic OH excluding ortho intramolecular Hbond substituents is 1. The molecule has 1 aliphatic heterocycles. The Morgan fingerprint density at radius 2 is 2.04 bits per heavy atom. The molecule has 1 aromatic carbocycles. The summed E-state index contributed by atoms with van der Waals surface area (Å²) in [5.41, 5.74) is 0.625. The molecule has 0 unspecified atom stereocenters. The average Bonchev–Trinajstić information content (AvgIpc) is 2.54. The molecule has 128 valence electrons. The highest BCUT2D eigenvalue weighted by molar-refractivity contribution is 5.81. The van der Waals surface area contributed by atoms with Crippen LogP contribution in [0.25, 0.3) is 11.0 Å². The molecular formula is C17H20N2O5. The summed E-state index contributed by atoms with van der Waals surface area (Å²) in [6.45, 7) is 3.07. The van der Waals surface area contributed by atoms with E-state index in [2.05, 4.69) is 0 Å². The highest BCUT2D eigenvalue weighted by atomic mass is 16.5. The Kier molecular flexibility index (Phi) is 4.82. The van der Waals surface area contributed by atoms with Crippen LogP contribution in [0.15, 0.2) is 33.5 Å². The number of carbonyl (C=O) groups is 1. The van der Waals surface area contributed by atoms with E-state index in [1.807, 2.05) is 11.9 Å². The van der Waals surface area contributed by atoms with Crippen LogP contribution in [-0.2, 0) is 16.1 Å². The quantitative estimate of drug-likeness (QED) is 0.834. The molecule has 0 bridgehead atoms. The number of phenols is 1. The predicted molar refractivity (Wildman–Crippen MR) is 87.9 cm³/mol. The van der Waals surface area contributed by atoms with Gasteiger partial charge in [-0.25, -0.2) is 4.79 Å². The minimum atomic E-state index is -0.476. The van der Waals surface area contributed by atoms with Gasteiger partial charge in [-0.15, -0.1) is 0 Å². The third kappa shape index (κ3) is 3.74. The van der Waals surface area contributed by atoms with Crippen LogP contribution in [0.5, 0.6) is 5.75 Å². The monoisotopic (exact) mass is 332 g/mol. The van der Waals surface area contributed by atoms with Crippen molar-refractivity contribution < 1.29 is 19.1 Å². The normalized spacial score (nSPS) is 15.2. The van der Waals surface area contributed by atoms with E-state index in [0.717, 1.165) is 10.9 Å². The van der Waals surface area contributed by atoms with Crippen molar-refractivity contribution in [1.82, 2.24) is 9.80 Å². The van der Waals surface area contributed by atoms with Gasteiger partial charge in [0.2, 0.25) is 5.91 Å². The van der Waals surface area contributed by atoms with Crippen LogP contribution in [-0.4, -0.2) is 60.7 Å². The van der Waals surface area contributed by atoms with Crippen molar-refractivity contribution in [2.75, 3.05) is 39.9 Å². The lowest BCUT2D eigenvalue weighted by atomic mass is 10.1. The Balaban J connectivity index is 1.74. The summed E-state index contributed by atoms with van der Waals surface area (Å²) in [5.74, 6) is 0.0874. The second-order valence-corrected chi connectivity index (χ2v) is 5.94. The second-order valence-electron chi connectivity index (χ2n) is 5.94. The number of hydrogen-bond acceptors (Lipinski definition) is 6. The van der Waals surface area contributed by atoms with E-state index >= 15 is 0 Å². The summed E-state index contributed by atoms with van der Waals surface area (Å²) in [5, 5.41) is 10.3. The van der Waals surface area contributed by atoms with Crippen LogP contribution in [0.2, 0.25) is 0 Å². The van der Waals surface area contributed by atoms with E-state index in [4.69, 9.17) is 9.15 Å². The van der Waals surface area contributed by atoms with Gasteiger partial charge in [-0.05, 0) is 24.7 Å². The van der Waals surface area contributed by atoms with Crippen LogP contribution in [0, 0.1) is 0 Å². The fraction of sp³-hybridized carbons (Fsp3) is 0.412. The molecule has 2 aromatic rings. The first-order chi connectivity index (χ1) is 11.5. The van der Waals surface area contributed by atoms with E-state index in [0.29, 0.717) is 38.4 Å². The van der Waals surface area contributed by atoms with Crippen molar-refractivity contribution in [3.05, 3.63) is 40.2 Å². The molecule has 7 heteroatoms. The Morgan fingerprint density at radius 1 is 1.29 bits per heavy atom. The van der Waals surface area contributed by atoms with Crippen LogP contribution >= 0.6 is 0 Å². The second kappa shape index (κ2) is 7.02. The molecule has 0 atom stereocenters. The number of nitrogens with zero attached hydrogens (tertiary/aromatic N) is 2. The van der Waals surface area contributed by atoms with Crippen molar-refractivity contribution in [3.63, 3.8) is 0 Å². The van der Waals surface area contributed by atoms with Crippen molar-refractivity contribution in [1.29, 1.82) is 0 Å². The molecule has 0 saturated carbocycles. The number of rotatable bonds is 4. The van der Waals surface area contributed by atoms with Crippen LogP contribution in [0.3, 0.4) is 0 Å². The lowest BCUT2D eigenvalue weighted by Crippen LogP contribution is -2.44. The lowest BCUT2D eigenvalue weighted by molar-refractivity contribution is -0.136. The van der Waals surface area contributed by atoms with Crippen molar-refractivity contribution in [2.24, 2.45) is 0 Å². The standard InChI is InChI=1S/C17H20N2O5/c1-18(11-16(21)19-4-6-23-7-5-19)10-12-8-17(22)24-15-9-13(20)2-3-14(12)15/h2-3,8-9,20H,4-7,10-11H2,1H3. The number of ether oxygens (including phenoxy) is 1. The van der Waals surface area contributed by atoms with Gasteiger partial charge >= 0.3 is 5.63 Å². The molecule has 1 aliphatic rings. The van der Waals surface area contributed by atoms with E-state index < -0.39 is 5.63 Å². The number of aromatic hydroxyl groups is 1. The van der Waals surface area contributed by atoms with E-state index in [-0.39, 0.29) is 18.2 Å². The Bertz CT molecular complexity index is 795. The van der Waals surface area contributed by atoms with Gasteiger partial charge in [0, 0.05) is 37.2 Å². The van der Waals surface area contributed by atoms with Gasteiger partial charge in [0.05, 0.1) is 19.8 Å². The third-order valence-corrected chi connectivity index (χ3v) is 4.02. The van der Waals surface area contributed by atoms with Gasteiger partial charge in [0.1, 0.15) is 11.3 Å². The third-order valence-electron chi connectivity index (χ3n) is 4.02. The summed E-state index contributed by atoms with van der Waals surface area (Å²) >= 11 is 0. The zero-order valence-corrected chi connectivity index (χ0v) is 13.5. The molecule has 0 aliphatic carbocycles. The first-order valence-corrected chi connectivity index (χ1v) is 7.83. The number of carbonyl (C=O) groups excluding carboxylic acids is 1. The molecule has 1 N–H and O–H groups in total. The Morgan fingerprint density at radius 3 is 2.79 bits per heavy atom. The predicted octanol–water partition coefficient (Wildman–Crippen LogP) is 0.789. The largest absolute Gasteiger partial charge is 0.508 e. The molecule has 0 radical (unpaired) electrons. The SMILES string of the molecule is CN(CC(=O)N1CCOCC1)Cc1cc(=O)oc2cc(O)ccc12. The first-order valence-electron chi connectivity index (χ1n) is 7.83. The topological polar surface area (TPSA) is 83.2 Å². The maximum absolute atomic E-state index is 12.3.